The normalized spacial score (nSPS) is 15.7. The van der Waals surface area contributed by atoms with E-state index in [2.05, 4.69) is 11.4 Å². The van der Waals surface area contributed by atoms with Crippen LogP contribution in [0.25, 0.3) is 0 Å². The molecule has 7 heteroatoms. The Balaban J connectivity index is 1.44. The Labute approximate surface area is 179 Å². The highest BCUT2D eigenvalue weighted by Crippen LogP contribution is 2.24. The number of nitrogens with zero attached hydrogens (tertiary/aromatic N) is 1. The molecule has 1 amide bonds. The molecule has 3 rings (SSSR count). The number of carbonyl (C=O) groups is 1. The highest BCUT2D eigenvalue weighted by molar-refractivity contribution is 7.89. The number of benzene rings is 2. The molecule has 0 unspecified atom stereocenters. The lowest BCUT2D eigenvalue weighted by molar-refractivity contribution is -0.126. The minimum atomic E-state index is -3.50. The van der Waals surface area contributed by atoms with Gasteiger partial charge in [0.15, 0.2) is 0 Å². The summed E-state index contributed by atoms with van der Waals surface area (Å²) in [6, 6.07) is 12.9. The van der Waals surface area contributed by atoms with Crippen LogP contribution in [0.2, 0.25) is 0 Å². The molecule has 0 aromatic heterocycles. The summed E-state index contributed by atoms with van der Waals surface area (Å²) in [4.78, 5) is 12.8. The van der Waals surface area contributed by atoms with Gasteiger partial charge >= 0.3 is 0 Å². The van der Waals surface area contributed by atoms with Gasteiger partial charge in [-0.2, -0.15) is 4.31 Å². The van der Waals surface area contributed by atoms with Crippen LogP contribution < -0.4 is 10.1 Å². The molecule has 0 radical (unpaired) electrons. The number of nitrogens with one attached hydrogen (secondary N) is 1. The van der Waals surface area contributed by atoms with Gasteiger partial charge in [0.1, 0.15) is 12.4 Å². The molecule has 1 saturated heterocycles. The Hall–Kier alpha value is -2.38. The van der Waals surface area contributed by atoms with Gasteiger partial charge in [0.25, 0.3) is 0 Å². The predicted octanol–water partition coefficient (Wildman–Crippen LogP) is 3.21. The van der Waals surface area contributed by atoms with E-state index < -0.39 is 10.0 Å². The fraction of sp³-hybridized carbons (Fsp3) is 0.435. The van der Waals surface area contributed by atoms with Crippen LogP contribution in [-0.4, -0.2) is 44.9 Å². The first-order chi connectivity index (χ1) is 14.3. The van der Waals surface area contributed by atoms with Crippen molar-refractivity contribution in [2.75, 3.05) is 26.2 Å². The van der Waals surface area contributed by atoms with Gasteiger partial charge in [-0.05, 0) is 69.0 Å². The summed E-state index contributed by atoms with van der Waals surface area (Å²) in [5, 5.41) is 2.91. The van der Waals surface area contributed by atoms with E-state index in [1.165, 1.54) is 4.31 Å². The van der Waals surface area contributed by atoms with Crippen LogP contribution in [-0.2, 0) is 14.8 Å². The Morgan fingerprint density at radius 1 is 1.00 bits per heavy atom. The molecule has 162 valence electrons. The van der Waals surface area contributed by atoms with Crippen LogP contribution in [0.1, 0.15) is 29.5 Å². The summed E-state index contributed by atoms with van der Waals surface area (Å²) in [6.45, 7) is 7.50. The van der Waals surface area contributed by atoms with Crippen molar-refractivity contribution >= 4 is 15.9 Å². The van der Waals surface area contributed by atoms with E-state index in [-0.39, 0.29) is 11.8 Å². The molecule has 6 nitrogen and oxygen atoms in total. The van der Waals surface area contributed by atoms with Crippen molar-refractivity contribution in [1.29, 1.82) is 0 Å². The maximum atomic E-state index is 12.8. The first-order valence-corrected chi connectivity index (χ1v) is 11.8. The van der Waals surface area contributed by atoms with Crippen molar-refractivity contribution in [3.8, 4) is 5.75 Å². The summed E-state index contributed by atoms with van der Waals surface area (Å²) in [5.74, 6) is 0.596. The van der Waals surface area contributed by atoms with Crippen LogP contribution in [0.5, 0.6) is 5.75 Å². The first kappa shape index (κ1) is 22.3. The summed E-state index contributed by atoms with van der Waals surface area (Å²) < 4.78 is 32.8. The molecule has 2 aromatic carbocycles. The van der Waals surface area contributed by atoms with E-state index in [1.54, 1.807) is 24.3 Å². The fourth-order valence-corrected chi connectivity index (χ4v) is 5.19. The molecule has 0 bridgehead atoms. The monoisotopic (exact) mass is 430 g/mol. The average Bonchev–Trinajstić information content (AvgIpc) is 2.71. The molecule has 0 atom stereocenters. The lowest BCUT2D eigenvalue weighted by Gasteiger charge is -2.30. The molecule has 1 aliphatic heterocycles. The number of amides is 1. The number of hydrogen-bond donors (Lipinski definition) is 1. The SMILES string of the molecule is Cc1ccc(S(=O)(=O)N2CCC(C(=O)NCCOc3cc(C)cc(C)c3)CC2)cc1. The Bertz CT molecular complexity index is 959. The molecule has 0 spiro atoms. The second-order valence-corrected chi connectivity index (χ2v) is 9.89. The quantitative estimate of drug-likeness (QED) is 0.685. The van der Waals surface area contributed by atoms with Gasteiger partial charge in [0.05, 0.1) is 11.4 Å². The summed E-state index contributed by atoms with van der Waals surface area (Å²) >= 11 is 0. The highest BCUT2D eigenvalue weighted by Gasteiger charge is 2.31. The Morgan fingerprint density at radius 2 is 1.60 bits per heavy atom. The number of rotatable bonds is 7. The predicted molar refractivity (Wildman–Crippen MR) is 117 cm³/mol. The van der Waals surface area contributed by atoms with Gasteiger partial charge in [0.2, 0.25) is 15.9 Å². The van der Waals surface area contributed by atoms with Crippen molar-refractivity contribution in [2.24, 2.45) is 5.92 Å². The van der Waals surface area contributed by atoms with Gasteiger partial charge < -0.3 is 10.1 Å². The summed E-state index contributed by atoms with van der Waals surface area (Å²) in [7, 11) is -3.50. The highest BCUT2D eigenvalue weighted by atomic mass is 32.2. The van der Waals surface area contributed by atoms with Crippen molar-refractivity contribution in [2.45, 2.75) is 38.5 Å². The molecule has 1 aliphatic rings. The number of hydrogen-bond acceptors (Lipinski definition) is 4. The summed E-state index contributed by atoms with van der Waals surface area (Å²) in [5.41, 5.74) is 3.30. The standard InChI is InChI=1S/C23H30N2O4S/c1-17-4-6-22(7-5-17)30(27,28)25-11-8-20(9-12-25)23(26)24-10-13-29-21-15-18(2)14-19(3)16-21/h4-7,14-16,20H,8-13H2,1-3H3,(H,24,26). The van der Waals surface area contributed by atoms with Crippen LogP contribution in [0.3, 0.4) is 0 Å². The lowest BCUT2D eigenvalue weighted by Crippen LogP contribution is -2.43. The number of ether oxygens (including phenoxy) is 1. The molecule has 1 heterocycles. The minimum Gasteiger partial charge on any atom is -0.492 e. The summed E-state index contributed by atoms with van der Waals surface area (Å²) in [6.07, 6.45) is 1.05. The average molecular weight is 431 g/mol. The molecular formula is C23H30N2O4S. The van der Waals surface area contributed by atoms with Gasteiger partial charge in [0, 0.05) is 19.0 Å². The zero-order valence-electron chi connectivity index (χ0n) is 17.8. The van der Waals surface area contributed by atoms with Crippen LogP contribution in [0, 0.1) is 26.7 Å². The first-order valence-electron chi connectivity index (χ1n) is 10.3. The number of sulfonamides is 1. The third-order valence-corrected chi connectivity index (χ3v) is 7.26. The van der Waals surface area contributed by atoms with Gasteiger partial charge in [-0.15, -0.1) is 0 Å². The molecule has 30 heavy (non-hydrogen) atoms. The van der Waals surface area contributed by atoms with Gasteiger partial charge in [-0.1, -0.05) is 23.8 Å². The number of aryl methyl sites for hydroxylation is 3. The van der Waals surface area contributed by atoms with E-state index in [0.717, 1.165) is 22.4 Å². The zero-order valence-corrected chi connectivity index (χ0v) is 18.7. The molecule has 1 N–H and O–H groups in total. The maximum Gasteiger partial charge on any atom is 0.243 e. The van der Waals surface area contributed by atoms with E-state index in [4.69, 9.17) is 4.74 Å². The van der Waals surface area contributed by atoms with Crippen LogP contribution in [0.4, 0.5) is 0 Å². The smallest absolute Gasteiger partial charge is 0.243 e. The largest absolute Gasteiger partial charge is 0.492 e. The maximum absolute atomic E-state index is 12.8. The number of carbonyl (C=O) groups excluding carboxylic acids is 1. The minimum absolute atomic E-state index is 0.0357. The van der Waals surface area contributed by atoms with E-state index in [0.29, 0.717) is 44.0 Å². The van der Waals surface area contributed by atoms with E-state index in [1.807, 2.05) is 32.9 Å². The number of piperidine rings is 1. The Morgan fingerprint density at radius 3 is 2.20 bits per heavy atom. The van der Waals surface area contributed by atoms with Crippen molar-refractivity contribution in [3.63, 3.8) is 0 Å². The van der Waals surface area contributed by atoms with Crippen molar-refractivity contribution in [1.82, 2.24) is 9.62 Å². The van der Waals surface area contributed by atoms with E-state index >= 15 is 0 Å². The zero-order chi connectivity index (χ0) is 21.7. The second-order valence-electron chi connectivity index (χ2n) is 7.95. The molecular weight excluding hydrogens is 400 g/mol. The van der Waals surface area contributed by atoms with Gasteiger partial charge in [-0.3, -0.25) is 4.79 Å². The van der Waals surface area contributed by atoms with Crippen molar-refractivity contribution < 1.29 is 17.9 Å². The molecule has 1 fully saturated rings. The fourth-order valence-electron chi connectivity index (χ4n) is 3.72. The van der Waals surface area contributed by atoms with E-state index in [9.17, 15) is 13.2 Å². The van der Waals surface area contributed by atoms with Crippen LogP contribution >= 0.6 is 0 Å². The molecule has 0 aliphatic carbocycles. The van der Waals surface area contributed by atoms with Gasteiger partial charge in [-0.25, -0.2) is 8.42 Å². The molecule has 0 saturated carbocycles. The second kappa shape index (κ2) is 9.62. The topological polar surface area (TPSA) is 75.7 Å². The third kappa shape index (κ3) is 5.61. The lowest BCUT2D eigenvalue weighted by atomic mass is 9.97. The Kier molecular flexibility index (Phi) is 7.15. The van der Waals surface area contributed by atoms with Crippen molar-refractivity contribution in [3.05, 3.63) is 59.2 Å². The molecule has 2 aromatic rings. The van der Waals surface area contributed by atoms with Crippen LogP contribution in [0.15, 0.2) is 47.4 Å². The third-order valence-electron chi connectivity index (χ3n) is 5.35.